The van der Waals surface area contributed by atoms with E-state index in [2.05, 4.69) is 6.92 Å². The lowest BCUT2D eigenvalue weighted by molar-refractivity contribution is -0.134. The van der Waals surface area contributed by atoms with Crippen LogP contribution in [0, 0.1) is 0 Å². The lowest BCUT2D eigenvalue weighted by atomic mass is 10.3. The first-order chi connectivity index (χ1) is 7.93. The SMILES string of the molecule is CC(=O)O.CCCCOC(C)COC(C)CO. The van der Waals surface area contributed by atoms with E-state index in [9.17, 15) is 0 Å². The highest BCUT2D eigenvalue weighted by atomic mass is 16.5. The molecule has 2 unspecified atom stereocenters. The number of aliphatic hydroxyl groups is 1. The maximum absolute atomic E-state index is 9.00. The molecule has 0 aliphatic carbocycles. The maximum Gasteiger partial charge on any atom is 0.300 e. The zero-order valence-electron chi connectivity index (χ0n) is 11.3. The van der Waals surface area contributed by atoms with Crippen LogP contribution in [-0.4, -0.2) is 48.2 Å². The predicted octanol–water partition coefficient (Wildman–Crippen LogP) is 1.68. The maximum atomic E-state index is 9.00. The third-order valence-corrected chi connectivity index (χ3v) is 1.77. The number of carboxylic acids is 1. The molecule has 0 aromatic rings. The van der Waals surface area contributed by atoms with Gasteiger partial charge in [-0.15, -0.1) is 0 Å². The summed E-state index contributed by atoms with van der Waals surface area (Å²) < 4.78 is 10.8. The van der Waals surface area contributed by atoms with Crippen LogP contribution >= 0.6 is 0 Å². The number of rotatable bonds is 8. The summed E-state index contributed by atoms with van der Waals surface area (Å²) in [5.41, 5.74) is 0. The van der Waals surface area contributed by atoms with E-state index in [4.69, 9.17) is 24.5 Å². The van der Waals surface area contributed by atoms with Gasteiger partial charge in [-0.3, -0.25) is 4.79 Å². The minimum absolute atomic E-state index is 0.0711. The van der Waals surface area contributed by atoms with Crippen LogP contribution in [0.5, 0.6) is 0 Å². The second kappa shape index (κ2) is 13.4. The summed E-state index contributed by atoms with van der Waals surface area (Å²) >= 11 is 0. The standard InChI is InChI=1S/C10H22O3.C2H4O2/c1-4-5-6-12-10(3)8-13-9(2)7-11;1-2(3)4/h9-11H,4-8H2,1-3H3;1H3,(H,3,4). The number of carbonyl (C=O) groups is 1. The molecule has 0 radical (unpaired) electrons. The summed E-state index contributed by atoms with van der Waals surface area (Å²) in [4.78, 5) is 9.00. The minimum Gasteiger partial charge on any atom is -0.481 e. The second-order valence-corrected chi connectivity index (χ2v) is 3.88. The molecule has 0 aromatic heterocycles. The molecule has 0 saturated carbocycles. The molecule has 17 heavy (non-hydrogen) atoms. The Hall–Kier alpha value is -0.650. The van der Waals surface area contributed by atoms with Crippen LogP contribution < -0.4 is 0 Å². The first kappa shape index (κ1) is 18.7. The molecular weight excluding hydrogens is 224 g/mol. The Morgan fingerprint density at radius 2 is 1.76 bits per heavy atom. The van der Waals surface area contributed by atoms with Gasteiger partial charge >= 0.3 is 0 Å². The Labute approximate surface area is 104 Å². The predicted molar refractivity (Wildman–Crippen MR) is 66.1 cm³/mol. The number of ether oxygens (including phenoxy) is 2. The number of hydrogen-bond acceptors (Lipinski definition) is 4. The molecule has 0 aliphatic heterocycles. The number of carboxylic acid groups (broad SMARTS) is 1. The van der Waals surface area contributed by atoms with Crippen molar-refractivity contribution in [3.05, 3.63) is 0 Å². The molecule has 0 bridgehead atoms. The molecule has 0 saturated heterocycles. The fourth-order valence-electron chi connectivity index (χ4n) is 0.829. The third kappa shape index (κ3) is 21.2. The summed E-state index contributed by atoms with van der Waals surface area (Å²) in [6.45, 7) is 8.48. The van der Waals surface area contributed by atoms with Gasteiger partial charge in [-0.2, -0.15) is 0 Å². The molecule has 0 spiro atoms. The van der Waals surface area contributed by atoms with Gasteiger partial charge in [0.25, 0.3) is 5.97 Å². The van der Waals surface area contributed by atoms with Gasteiger partial charge in [0.05, 0.1) is 25.4 Å². The van der Waals surface area contributed by atoms with E-state index in [1.807, 2.05) is 13.8 Å². The minimum atomic E-state index is -0.833. The largest absolute Gasteiger partial charge is 0.481 e. The van der Waals surface area contributed by atoms with Crippen LogP contribution in [0.4, 0.5) is 0 Å². The molecule has 0 heterocycles. The number of aliphatic carboxylic acids is 1. The van der Waals surface area contributed by atoms with Gasteiger partial charge in [0, 0.05) is 13.5 Å². The van der Waals surface area contributed by atoms with E-state index in [-0.39, 0.29) is 18.8 Å². The van der Waals surface area contributed by atoms with Crippen molar-refractivity contribution in [3.63, 3.8) is 0 Å². The highest BCUT2D eigenvalue weighted by Gasteiger charge is 2.05. The smallest absolute Gasteiger partial charge is 0.300 e. The topological polar surface area (TPSA) is 76.0 Å². The second-order valence-electron chi connectivity index (χ2n) is 3.88. The van der Waals surface area contributed by atoms with Crippen LogP contribution in [0.1, 0.15) is 40.5 Å². The highest BCUT2D eigenvalue weighted by molar-refractivity contribution is 5.62. The third-order valence-electron chi connectivity index (χ3n) is 1.77. The lowest BCUT2D eigenvalue weighted by Gasteiger charge is -2.15. The van der Waals surface area contributed by atoms with Crippen molar-refractivity contribution in [1.29, 1.82) is 0 Å². The Bertz CT molecular complexity index is 168. The van der Waals surface area contributed by atoms with E-state index in [0.717, 1.165) is 26.4 Å². The summed E-state index contributed by atoms with van der Waals surface area (Å²) in [5, 5.41) is 16.1. The molecule has 5 heteroatoms. The van der Waals surface area contributed by atoms with E-state index in [1.54, 1.807) is 0 Å². The van der Waals surface area contributed by atoms with Crippen molar-refractivity contribution in [2.45, 2.75) is 52.7 Å². The normalized spacial score (nSPS) is 13.5. The molecule has 0 aliphatic rings. The van der Waals surface area contributed by atoms with Gasteiger partial charge < -0.3 is 19.7 Å². The Morgan fingerprint density at radius 1 is 1.24 bits per heavy atom. The van der Waals surface area contributed by atoms with Crippen LogP contribution in [0.25, 0.3) is 0 Å². The van der Waals surface area contributed by atoms with E-state index in [0.29, 0.717) is 6.61 Å². The zero-order chi connectivity index (χ0) is 13.7. The molecule has 2 N–H and O–H groups in total. The van der Waals surface area contributed by atoms with E-state index in [1.165, 1.54) is 0 Å². The summed E-state index contributed by atoms with van der Waals surface area (Å²) in [6.07, 6.45) is 2.29. The van der Waals surface area contributed by atoms with Crippen LogP contribution in [-0.2, 0) is 14.3 Å². The molecule has 0 amide bonds. The zero-order valence-corrected chi connectivity index (χ0v) is 11.3. The summed E-state index contributed by atoms with van der Waals surface area (Å²) in [6, 6.07) is 0. The molecular formula is C12H26O5. The summed E-state index contributed by atoms with van der Waals surface area (Å²) in [5.74, 6) is -0.833. The highest BCUT2D eigenvalue weighted by Crippen LogP contribution is 1.98. The Kier molecular flexibility index (Phi) is 14.8. The van der Waals surface area contributed by atoms with Gasteiger partial charge in [0.2, 0.25) is 0 Å². The van der Waals surface area contributed by atoms with Crippen molar-refractivity contribution >= 4 is 5.97 Å². The van der Waals surface area contributed by atoms with Crippen LogP contribution in [0.3, 0.4) is 0 Å². The molecule has 5 nitrogen and oxygen atoms in total. The number of hydrogen-bond donors (Lipinski definition) is 2. The van der Waals surface area contributed by atoms with Crippen molar-refractivity contribution in [2.75, 3.05) is 19.8 Å². The van der Waals surface area contributed by atoms with Crippen LogP contribution in [0.15, 0.2) is 0 Å². The number of aliphatic hydroxyl groups excluding tert-OH is 1. The van der Waals surface area contributed by atoms with Gasteiger partial charge in [0.15, 0.2) is 0 Å². The van der Waals surface area contributed by atoms with Gasteiger partial charge in [-0.25, -0.2) is 0 Å². The Balaban J connectivity index is 0. The van der Waals surface area contributed by atoms with Gasteiger partial charge in [-0.05, 0) is 20.3 Å². The Morgan fingerprint density at radius 3 is 2.18 bits per heavy atom. The van der Waals surface area contributed by atoms with E-state index >= 15 is 0 Å². The van der Waals surface area contributed by atoms with Gasteiger partial charge in [0.1, 0.15) is 0 Å². The molecule has 2 atom stereocenters. The number of unbranched alkanes of at least 4 members (excludes halogenated alkanes) is 1. The van der Waals surface area contributed by atoms with Crippen molar-refractivity contribution in [1.82, 2.24) is 0 Å². The summed E-state index contributed by atoms with van der Waals surface area (Å²) in [7, 11) is 0. The van der Waals surface area contributed by atoms with Crippen molar-refractivity contribution in [2.24, 2.45) is 0 Å². The van der Waals surface area contributed by atoms with Gasteiger partial charge in [-0.1, -0.05) is 13.3 Å². The average molecular weight is 250 g/mol. The lowest BCUT2D eigenvalue weighted by Crippen LogP contribution is -2.22. The first-order valence-electron chi connectivity index (χ1n) is 5.97. The molecule has 0 aromatic carbocycles. The van der Waals surface area contributed by atoms with Crippen molar-refractivity contribution in [3.8, 4) is 0 Å². The van der Waals surface area contributed by atoms with Crippen LogP contribution in [0.2, 0.25) is 0 Å². The molecule has 0 fully saturated rings. The van der Waals surface area contributed by atoms with Crippen molar-refractivity contribution < 1.29 is 24.5 Å². The average Bonchev–Trinajstić information content (AvgIpc) is 2.25. The quantitative estimate of drug-likeness (QED) is 0.641. The molecule has 104 valence electrons. The first-order valence-corrected chi connectivity index (χ1v) is 5.97. The molecule has 0 rings (SSSR count). The fraction of sp³-hybridized carbons (Fsp3) is 0.917. The monoisotopic (exact) mass is 250 g/mol. The van der Waals surface area contributed by atoms with E-state index < -0.39 is 5.97 Å². The fourth-order valence-corrected chi connectivity index (χ4v) is 0.829.